The van der Waals surface area contributed by atoms with Crippen LogP contribution in [0.1, 0.15) is 69.6 Å². The summed E-state index contributed by atoms with van der Waals surface area (Å²) < 4.78 is 11.3. The molecule has 5 heteroatoms. The number of hydrogen-bond donors (Lipinski definition) is 1. The molecule has 2 fully saturated rings. The van der Waals surface area contributed by atoms with E-state index in [9.17, 15) is 0 Å². The smallest absolute Gasteiger partial charge is 0.243 e. The predicted octanol–water partition coefficient (Wildman–Crippen LogP) is 2.94. The van der Waals surface area contributed by atoms with Gasteiger partial charge in [-0.15, -0.1) is 0 Å². The zero-order valence-electron chi connectivity index (χ0n) is 12.5. The number of hydrogen-bond acceptors (Lipinski definition) is 5. The molecule has 1 saturated heterocycles. The molecule has 3 atom stereocenters. The van der Waals surface area contributed by atoms with Crippen LogP contribution in [0.3, 0.4) is 0 Å². The summed E-state index contributed by atoms with van der Waals surface area (Å²) in [6, 6.07) is 0.222. The summed E-state index contributed by atoms with van der Waals surface area (Å²) in [4.78, 5) is 4.67. The van der Waals surface area contributed by atoms with E-state index in [-0.39, 0.29) is 11.6 Å². The molecule has 5 nitrogen and oxygen atoms in total. The van der Waals surface area contributed by atoms with Crippen LogP contribution in [-0.2, 0) is 10.3 Å². The summed E-state index contributed by atoms with van der Waals surface area (Å²) in [5.41, 5.74) is -0.339. The Bertz CT molecular complexity index is 442. The first-order valence-corrected chi connectivity index (χ1v) is 7.86. The van der Waals surface area contributed by atoms with E-state index in [1.807, 2.05) is 0 Å². The zero-order chi connectivity index (χ0) is 14.0. The van der Waals surface area contributed by atoms with E-state index in [0.29, 0.717) is 5.92 Å². The second-order valence-electron chi connectivity index (χ2n) is 6.36. The normalized spacial score (nSPS) is 35.1. The minimum atomic E-state index is -0.339. The molecule has 2 heterocycles. The molecule has 0 spiro atoms. The van der Waals surface area contributed by atoms with Crippen molar-refractivity contribution in [3.8, 4) is 0 Å². The Morgan fingerprint density at radius 2 is 2.20 bits per heavy atom. The molecule has 3 rings (SSSR count). The lowest BCUT2D eigenvalue weighted by Crippen LogP contribution is -2.35. The van der Waals surface area contributed by atoms with Gasteiger partial charge in [-0.2, -0.15) is 4.98 Å². The lowest BCUT2D eigenvalue weighted by Gasteiger charge is -2.36. The SMILES string of the molecule is COC1(c2noc(C3CCCCN3)n2)CCCC(C)C1. The highest BCUT2D eigenvalue weighted by Gasteiger charge is 2.41. The quantitative estimate of drug-likeness (QED) is 0.921. The maximum Gasteiger partial charge on any atom is 0.243 e. The van der Waals surface area contributed by atoms with Gasteiger partial charge < -0.3 is 14.6 Å². The Morgan fingerprint density at radius 1 is 1.30 bits per heavy atom. The third-order valence-corrected chi connectivity index (χ3v) is 4.80. The van der Waals surface area contributed by atoms with Crippen molar-refractivity contribution in [1.82, 2.24) is 15.5 Å². The van der Waals surface area contributed by atoms with Crippen LogP contribution in [0.4, 0.5) is 0 Å². The van der Waals surface area contributed by atoms with E-state index in [2.05, 4.69) is 22.4 Å². The molecular weight excluding hydrogens is 254 g/mol. The Morgan fingerprint density at radius 3 is 2.90 bits per heavy atom. The maximum absolute atomic E-state index is 5.83. The average Bonchev–Trinajstić information content (AvgIpc) is 2.98. The Kier molecular flexibility index (Phi) is 4.08. The summed E-state index contributed by atoms with van der Waals surface area (Å²) in [7, 11) is 1.77. The van der Waals surface area contributed by atoms with Gasteiger partial charge in [-0.1, -0.05) is 24.9 Å². The average molecular weight is 279 g/mol. The second-order valence-corrected chi connectivity index (χ2v) is 6.36. The molecule has 0 aromatic carbocycles. The third-order valence-electron chi connectivity index (χ3n) is 4.80. The van der Waals surface area contributed by atoms with Gasteiger partial charge in [0, 0.05) is 7.11 Å². The molecule has 0 amide bonds. The maximum atomic E-state index is 5.83. The standard InChI is InChI=1S/C15H25N3O2/c1-11-6-5-8-15(10-11,19-2)14-17-13(20-18-14)12-7-3-4-9-16-12/h11-12,16H,3-10H2,1-2H3. The first-order valence-electron chi connectivity index (χ1n) is 7.86. The zero-order valence-corrected chi connectivity index (χ0v) is 12.5. The van der Waals surface area contributed by atoms with Gasteiger partial charge in [0.25, 0.3) is 0 Å². The highest BCUT2D eigenvalue weighted by molar-refractivity contribution is 5.06. The number of nitrogens with zero attached hydrogens (tertiary/aromatic N) is 2. The van der Waals surface area contributed by atoms with Gasteiger partial charge in [0.05, 0.1) is 6.04 Å². The van der Waals surface area contributed by atoms with Crippen molar-refractivity contribution in [3.63, 3.8) is 0 Å². The minimum Gasteiger partial charge on any atom is -0.370 e. The van der Waals surface area contributed by atoms with Crippen LogP contribution >= 0.6 is 0 Å². The molecule has 1 N–H and O–H groups in total. The molecule has 0 radical (unpaired) electrons. The number of piperidine rings is 1. The molecule has 3 unspecified atom stereocenters. The van der Waals surface area contributed by atoms with Gasteiger partial charge in [0.1, 0.15) is 5.60 Å². The number of rotatable bonds is 3. The lowest BCUT2D eigenvalue weighted by atomic mass is 9.78. The van der Waals surface area contributed by atoms with E-state index in [1.165, 1.54) is 25.7 Å². The summed E-state index contributed by atoms with van der Waals surface area (Å²) in [5, 5.41) is 7.70. The fraction of sp³-hybridized carbons (Fsp3) is 0.867. The van der Waals surface area contributed by atoms with Crippen molar-refractivity contribution in [2.75, 3.05) is 13.7 Å². The van der Waals surface area contributed by atoms with E-state index < -0.39 is 0 Å². The van der Waals surface area contributed by atoms with Crippen LogP contribution in [0.15, 0.2) is 4.52 Å². The Balaban J connectivity index is 1.80. The van der Waals surface area contributed by atoms with Crippen molar-refractivity contribution in [2.24, 2.45) is 5.92 Å². The summed E-state index contributed by atoms with van der Waals surface area (Å²) in [6.45, 7) is 3.31. The monoisotopic (exact) mass is 279 g/mol. The second kappa shape index (κ2) is 5.82. The number of aromatic nitrogens is 2. The first-order chi connectivity index (χ1) is 9.73. The van der Waals surface area contributed by atoms with Crippen LogP contribution in [0, 0.1) is 5.92 Å². The fourth-order valence-corrected chi connectivity index (χ4v) is 3.61. The van der Waals surface area contributed by atoms with Crippen molar-refractivity contribution >= 4 is 0 Å². The van der Waals surface area contributed by atoms with Gasteiger partial charge in [0.2, 0.25) is 11.7 Å². The van der Waals surface area contributed by atoms with E-state index in [1.54, 1.807) is 7.11 Å². The van der Waals surface area contributed by atoms with Crippen LogP contribution in [0.5, 0.6) is 0 Å². The molecule has 2 aliphatic rings. The summed E-state index contributed by atoms with van der Waals surface area (Å²) >= 11 is 0. The Labute approximate surface area is 120 Å². The third kappa shape index (κ3) is 2.61. The van der Waals surface area contributed by atoms with Crippen LogP contribution in [-0.4, -0.2) is 23.8 Å². The molecule has 1 aromatic heterocycles. The van der Waals surface area contributed by atoms with Crippen LogP contribution in [0.2, 0.25) is 0 Å². The van der Waals surface area contributed by atoms with Crippen molar-refractivity contribution < 1.29 is 9.26 Å². The molecule has 1 aliphatic heterocycles. The lowest BCUT2D eigenvalue weighted by molar-refractivity contribution is -0.0658. The van der Waals surface area contributed by atoms with Crippen molar-refractivity contribution in [1.29, 1.82) is 0 Å². The van der Waals surface area contributed by atoms with Gasteiger partial charge in [0.15, 0.2) is 0 Å². The molecule has 1 saturated carbocycles. The van der Waals surface area contributed by atoms with Crippen molar-refractivity contribution in [2.45, 2.75) is 63.5 Å². The summed E-state index contributed by atoms with van der Waals surface area (Å²) in [5.74, 6) is 2.13. The highest BCUT2D eigenvalue weighted by Crippen LogP contribution is 2.41. The molecule has 1 aliphatic carbocycles. The van der Waals surface area contributed by atoms with Gasteiger partial charge in [-0.05, 0) is 44.6 Å². The minimum absolute atomic E-state index is 0.222. The molecule has 20 heavy (non-hydrogen) atoms. The number of methoxy groups -OCH3 is 1. The Hall–Kier alpha value is -0.940. The highest BCUT2D eigenvalue weighted by atomic mass is 16.5. The predicted molar refractivity (Wildman–Crippen MR) is 75.2 cm³/mol. The van der Waals surface area contributed by atoms with Crippen LogP contribution in [0.25, 0.3) is 0 Å². The van der Waals surface area contributed by atoms with Crippen LogP contribution < -0.4 is 5.32 Å². The summed E-state index contributed by atoms with van der Waals surface area (Å²) in [6.07, 6.45) is 7.95. The van der Waals surface area contributed by atoms with E-state index in [4.69, 9.17) is 9.26 Å². The van der Waals surface area contributed by atoms with Crippen molar-refractivity contribution in [3.05, 3.63) is 11.7 Å². The number of ether oxygens (including phenoxy) is 1. The topological polar surface area (TPSA) is 60.2 Å². The van der Waals surface area contributed by atoms with Gasteiger partial charge in [-0.3, -0.25) is 0 Å². The van der Waals surface area contributed by atoms with E-state index >= 15 is 0 Å². The van der Waals surface area contributed by atoms with Gasteiger partial charge >= 0.3 is 0 Å². The first kappa shape index (κ1) is 14.0. The van der Waals surface area contributed by atoms with E-state index in [0.717, 1.165) is 37.5 Å². The molecule has 1 aromatic rings. The molecule has 0 bridgehead atoms. The number of nitrogens with one attached hydrogen (secondary N) is 1. The van der Waals surface area contributed by atoms with Gasteiger partial charge in [-0.25, -0.2) is 0 Å². The molecule has 112 valence electrons. The largest absolute Gasteiger partial charge is 0.370 e. The molecular formula is C15H25N3O2. The fourth-order valence-electron chi connectivity index (χ4n) is 3.61.